The van der Waals surface area contributed by atoms with Gasteiger partial charge in [-0.3, -0.25) is 20.5 Å². The summed E-state index contributed by atoms with van der Waals surface area (Å²) in [5.74, 6) is 0.0706. The largest absolute Gasteiger partial charge is 0.507 e. The number of benzene rings is 1. The van der Waals surface area contributed by atoms with Gasteiger partial charge in [0, 0.05) is 6.54 Å². The predicted molar refractivity (Wildman–Crippen MR) is 87.2 cm³/mol. The number of hydrogen-bond donors (Lipinski definition) is 5. The third-order valence-electron chi connectivity index (χ3n) is 2.12. The first kappa shape index (κ1) is 21.0. The van der Waals surface area contributed by atoms with E-state index in [4.69, 9.17) is 22.0 Å². The Balaban J connectivity index is 0. The molecule has 0 spiro atoms. The number of rotatable bonds is 4. The molecule has 0 heterocycles. The number of hydrogen-bond acceptors (Lipinski definition) is 4. The second kappa shape index (κ2) is 12.7. The molecule has 0 atom stereocenters. The van der Waals surface area contributed by atoms with Gasteiger partial charge < -0.3 is 16.6 Å². The van der Waals surface area contributed by atoms with Gasteiger partial charge in [-0.25, -0.2) is 0 Å². The summed E-state index contributed by atoms with van der Waals surface area (Å²) >= 11 is 0. The fourth-order valence-electron chi connectivity index (χ4n) is 1.12. The van der Waals surface area contributed by atoms with Crippen LogP contribution in [0.25, 0.3) is 0 Å². The van der Waals surface area contributed by atoms with Crippen molar-refractivity contribution in [3.63, 3.8) is 0 Å². The molecule has 118 valence electrons. The van der Waals surface area contributed by atoms with Crippen molar-refractivity contribution in [2.75, 3.05) is 6.54 Å². The average molecular weight is 316 g/mol. The number of carbonyl (C=O) groups excluding carboxylic acids is 1. The first-order chi connectivity index (χ1) is 9.51. The molecule has 0 fully saturated rings. The van der Waals surface area contributed by atoms with Gasteiger partial charge in [-0.15, -0.1) is 12.4 Å². The van der Waals surface area contributed by atoms with Crippen LogP contribution in [0.4, 0.5) is 0 Å². The zero-order valence-corrected chi connectivity index (χ0v) is 12.7. The van der Waals surface area contributed by atoms with Gasteiger partial charge in [0.2, 0.25) is 0 Å². The number of aldehydes is 1. The molecule has 0 amide bonds. The number of unbranched alkanes of at least 4 members (excludes halogenated alkanes) is 1. The minimum atomic E-state index is -0.178. The van der Waals surface area contributed by atoms with Gasteiger partial charge in [-0.1, -0.05) is 25.5 Å². The molecule has 0 aromatic heterocycles. The number of nitrogens with zero attached hydrogens (tertiary/aromatic N) is 1. The van der Waals surface area contributed by atoms with Crippen molar-refractivity contribution in [1.82, 2.24) is 5.32 Å². The summed E-state index contributed by atoms with van der Waals surface area (Å²) < 4.78 is 0. The van der Waals surface area contributed by atoms with Crippen LogP contribution < -0.4 is 16.8 Å². The lowest BCUT2D eigenvalue weighted by atomic mass is 10.2. The summed E-state index contributed by atoms with van der Waals surface area (Å²) in [6, 6.07) is 6.40. The predicted octanol–water partition coefficient (Wildman–Crippen LogP) is 1.21. The van der Waals surface area contributed by atoms with E-state index >= 15 is 0 Å². The summed E-state index contributed by atoms with van der Waals surface area (Å²) in [6.45, 7) is 2.76. The molecule has 0 aliphatic heterocycles. The first-order valence-corrected chi connectivity index (χ1v) is 6.15. The van der Waals surface area contributed by atoms with Crippen LogP contribution in [0.15, 0.2) is 29.3 Å². The summed E-state index contributed by atoms with van der Waals surface area (Å²) in [5.41, 5.74) is 10.7. The van der Waals surface area contributed by atoms with Crippen LogP contribution in [0.1, 0.15) is 30.1 Å². The average Bonchev–Trinajstić information content (AvgIpc) is 2.39. The summed E-state index contributed by atoms with van der Waals surface area (Å²) in [6.07, 6.45) is 2.70. The number of nitrogens with one attached hydrogen (secondary N) is 2. The molecule has 1 aromatic rings. The maximum absolute atomic E-state index is 10.1. The molecule has 1 aromatic carbocycles. The molecule has 0 aliphatic rings. The fourth-order valence-corrected chi connectivity index (χ4v) is 1.12. The maximum atomic E-state index is 10.1. The molecule has 7 nitrogen and oxygen atoms in total. The van der Waals surface area contributed by atoms with Gasteiger partial charge >= 0.3 is 0 Å². The maximum Gasteiger partial charge on any atom is 0.195 e. The number of para-hydroxylation sites is 1. The van der Waals surface area contributed by atoms with E-state index in [0.717, 1.165) is 12.8 Å². The Kier molecular flexibility index (Phi) is 12.8. The van der Waals surface area contributed by atoms with Crippen molar-refractivity contribution in [1.29, 1.82) is 5.41 Å². The van der Waals surface area contributed by atoms with E-state index in [2.05, 4.69) is 17.2 Å². The van der Waals surface area contributed by atoms with Gasteiger partial charge in [0.05, 0.1) is 5.56 Å². The Bertz CT molecular complexity index is 466. The van der Waals surface area contributed by atoms with Gasteiger partial charge in [-0.05, 0) is 18.6 Å². The first-order valence-electron chi connectivity index (χ1n) is 6.15. The van der Waals surface area contributed by atoms with Gasteiger partial charge in [0.25, 0.3) is 0 Å². The molecule has 8 heteroatoms. The van der Waals surface area contributed by atoms with E-state index in [9.17, 15) is 4.79 Å². The lowest BCUT2D eigenvalue weighted by Gasteiger charge is -2.00. The standard InChI is InChI=1S/C7H6O2.C6H15N5.ClH/c8-5-6-3-1-2-4-7(6)9;1-2-3-4-10-6(9)11-5(7)8;/h1-5,9H;2-4H2,1H3,(H6,7,8,9,10,11);1H. The number of guanidine groups is 2. The number of phenols is 1. The number of carbonyl (C=O) groups is 1. The molecule has 0 radical (unpaired) electrons. The Morgan fingerprint density at radius 1 is 1.43 bits per heavy atom. The van der Waals surface area contributed by atoms with E-state index in [1.807, 2.05) is 0 Å². The number of halogens is 1. The van der Waals surface area contributed by atoms with Crippen molar-refractivity contribution >= 4 is 30.6 Å². The molecule has 0 unspecified atom stereocenters. The van der Waals surface area contributed by atoms with E-state index in [-0.39, 0.29) is 30.1 Å². The SMILES string of the molecule is CCCCN=C(N)NC(=N)N.Cl.O=Cc1ccccc1O. The zero-order chi connectivity index (χ0) is 15.4. The third kappa shape index (κ3) is 11.3. The van der Waals surface area contributed by atoms with Crippen molar-refractivity contribution in [3.05, 3.63) is 29.8 Å². The normalized spacial score (nSPS) is 9.67. The third-order valence-corrected chi connectivity index (χ3v) is 2.12. The molecule has 0 saturated heterocycles. The second-order valence-corrected chi connectivity index (χ2v) is 3.84. The molecule has 21 heavy (non-hydrogen) atoms. The lowest BCUT2D eigenvalue weighted by Crippen LogP contribution is -2.40. The molecule has 7 N–H and O–H groups in total. The van der Waals surface area contributed by atoms with Crippen LogP contribution in [-0.4, -0.2) is 29.9 Å². The summed E-state index contributed by atoms with van der Waals surface area (Å²) in [5, 5.41) is 18.1. The van der Waals surface area contributed by atoms with Crippen molar-refractivity contribution in [2.24, 2.45) is 16.5 Å². The highest BCUT2D eigenvalue weighted by atomic mass is 35.5. The Morgan fingerprint density at radius 2 is 2.05 bits per heavy atom. The molecular formula is C13H22ClN5O2. The highest BCUT2D eigenvalue weighted by Gasteiger charge is 1.93. The Hall–Kier alpha value is -2.28. The van der Waals surface area contributed by atoms with Crippen LogP contribution in [0.3, 0.4) is 0 Å². The van der Waals surface area contributed by atoms with Crippen LogP contribution in [0.2, 0.25) is 0 Å². The molecule has 0 bridgehead atoms. The molecule has 0 aliphatic carbocycles. The molecular weight excluding hydrogens is 294 g/mol. The minimum absolute atomic E-state index is 0. The fraction of sp³-hybridized carbons (Fsp3) is 0.308. The Morgan fingerprint density at radius 3 is 2.48 bits per heavy atom. The number of aromatic hydroxyl groups is 1. The monoisotopic (exact) mass is 315 g/mol. The molecule has 1 rings (SSSR count). The second-order valence-electron chi connectivity index (χ2n) is 3.84. The minimum Gasteiger partial charge on any atom is -0.507 e. The van der Waals surface area contributed by atoms with Crippen LogP contribution >= 0.6 is 12.4 Å². The van der Waals surface area contributed by atoms with Crippen molar-refractivity contribution in [3.8, 4) is 5.75 Å². The van der Waals surface area contributed by atoms with Crippen molar-refractivity contribution in [2.45, 2.75) is 19.8 Å². The quantitative estimate of drug-likeness (QED) is 0.246. The van der Waals surface area contributed by atoms with Gasteiger partial charge in [0.1, 0.15) is 5.75 Å². The van der Waals surface area contributed by atoms with E-state index in [0.29, 0.717) is 18.4 Å². The van der Waals surface area contributed by atoms with Crippen LogP contribution in [-0.2, 0) is 0 Å². The number of aliphatic imine (C=N–C) groups is 1. The lowest BCUT2D eigenvalue weighted by molar-refractivity contribution is 0.112. The number of nitrogens with two attached hydrogens (primary N) is 2. The van der Waals surface area contributed by atoms with Gasteiger partial charge in [0.15, 0.2) is 18.2 Å². The summed E-state index contributed by atoms with van der Waals surface area (Å²) in [4.78, 5) is 14.0. The Labute approximate surface area is 130 Å². The molecule has 0 saturated carbocycles. The van der Waals surface area contributed by atoms with Gasteiger partial charge in [-0.2, -0.15) is 0 Å². The summed E-state index contributed by atoms with van der Waals surface area (Å²) in [7, 11) is 0. The topological polar surface area (TPSA) is 138 Å². The van der Waals surface area contributed by atoms with E-state index < -0.39 is 0 Å². The number of phenolic OH excluding ortho intramolecular Hbond substituents is 1. The van der Waals surface area contributed by atoms with E-state index in [1.165, 1.54) is 6.07 Å². The van der Waals surface area contributed by atoms with E-state index in [1.54, 1.807) is 18.2 Å². The van der Waals surface area contributed by atoms with Crippen LogP contribution in [0, 0.1) is 5.41 Å². The highest BCUT2D eigenvalue weighted by Crippen LogP contribution is 2.11. The van der Waals surface area contributed by atoms with Crippen LogP contribution in [0.5, 0.6) is 5.75 Å². The smallest absolute Gasteiger partial charge is 0.195 e. The highest BCUT2D eigenvalue weighted by molar-refractivity contribution is 5.95. The van der Waals surface area contributed by atoms with Crippen molar-refractivity contribution < 1.29 is 9.90 Å². The zero-order valence-electron chi connectivity index (χ0n) is 11.9.